The average Bonchev–Trinajstić information content (AvgIpc) is 2.83. The number of thioether (sulfide) groups is 1. The second-order valence-electron chi connectivity index (χ2n) is 4.55. The molecular formula is C12H15N5O3S2. The molecule has 0 spiro atoms. The topological polar surface area (TPSA) is 120 Å². The average molecular weight is 341 g/mol. The molecular weight excluding hydrogens is 326 g/mol. The summed E-state index contributed by atoms with van der Waals surface area (Å²) < 4.78 is 24.3. The highest BCUT2D eigenvalue weighted by Crippen LogP contribution is 2.22. The Balaban J connectivity index is 2.07. The van der Waals surface area contributed by atoms with E-state index in [1.807, 2.05) is 0 Å². The van der Waals surface area contributed by atoms with Crippen molar-refractivity contribution in [3.05, 3.63) is 30.6 Å². The largest absolute Gasteiger partial charge is 0.325 e. The number of amides is 1. The molecule has 2 aromatic rings. The SMILES string of the molecule is C[C@H](Sc1nncn1C)C(=O)Nc1cccc(S(N)(=O)=O)c1. The molecule has 0 aliphatic heterocycles. The molecule has 0 bridgehead atoms. The summed E-state index contributed by atoms with van der Waals surface area (Å²) in [6, 6.07) is 5.78. The number of aromatic nitrogens is 3. The number of benzene rings is 1. The van der Waals surface area contributed by atoms with E-state index >= 15 is 0 Å². The fourth-order valence-corrected chi connectivity index (χ4v) is 2.94. The zero-order chi connectivity index (χ0) is 16.3. The third kappa shape index (κ3) is 4.06. The van der Waals surface area contributed by atoms with Gasteiger partial charge in [-0.25, -0.2) is 13.6 Å². The van der Waals surface area contributed by atoms with E-state index in [4.69, 9.17) is 5.14 Å². The summed E-state index contributed by atoms with van der Waals surface area (Å²) in [7, 11) is -2.03. The van der Waals surface area contributed by atoms with Crippen LogP contribution in [-0.2, 0) is 21.9 Å². The minimum Gasteiger partial charge on any atom is -0.325 e. The number of sulfonamides is 1. The lowest BCUT2D eigenvalue weighted by molar-refractivity contribution is -0.115. The maximum absolute atomic E-state index is 12.1. The molecule has 8 nitrogen and oxygen atoms in total. The molecule has 0 saturated heterocycles. The summed E-state index contributed by atoms with van der Waals surface area (Å²) in [6.45, 7) is 1.72. The third-order valence-electron chi connectivity index (χ3n) is 2.75. The van der Waals surface area contributed by atoms with Gasteiger partial charge in [0.15, 0.2) is 5.16 Å². The Bertz CT molecular complexity index is 788. The van der Waals surface area contributed by atoms with Crippen LogP contribution in [0.1, 0.15) is 6.92 Å². The quantitative estimate of drug-likeness (QED) is 0.768. The molecule has 3 N–H and O–H groups in total. The van der Waals surface area contributed by atoms with Gasteiger partial charge in [0.2, 0.25) is 15.9 Å². The summed E-state index contributed by atoms with van der Waals surface area (Å²) in [6.07, 6.45) is 1.54. The number of hydrogen-bond acceptors (Lipinski definition) is 6. The predicted octanol–water partition coefficient (Wildman–Crippen LogP) is 0.582. The van der Waals surface area contributed by atoms with Crippen LogP contribution in [0.4, 0.5) is 5.69 Å². The number of aryl methyl sites for hydroxylation is 1. The second-order valence-corrected chi connectivity index (χ2v) is 7.42. The number of hydrogen-bond donors (Lipinski definition) is 2. The van der Waals surface area contributed by atoms with Gasteiger partial charge in [0.05, 0.1) is 10.1 Å². The number of anilines is 1. The van der Waals surface area contributed by atoms with Crippen LogP contribution in [0.3, 0.4) is 0 Å². The molecule has 1 heterocycles. The lowest BCUT2D eigenvalue weighted by Gasteiger charge is -2.11. The Morgan fingerprint density at radius 3 is 2.77 bits per heavy atom. The van der Waals surface area contributed by atoms with Gasteiger partial charge >= 0.3 is 0 Å². The van der Waals surface area contributed by atoms with Gasteiger partial charge < -0.3 is 9.88 Å². The van der Waals surface area contributed by atoms with Gasteiger partial charge in [-0.05, 0) is 25.1 Å². The first-order valence-electron chi connectivity index (χ1n) is 6.22. The van der Waals surface area contributed by atoms with Gasteiger partial charge in [0, 0.05) is 12.7 Å². The zero-order valence-corrected chi connectivity index (χ0v) is 13.6. The smallest absolute Gasteiger partial charge is 0.238 e. The van der Waals surface area contributed by atoms with Crippen molar-refractivity contribution in [2.24, 2.45) is 12.2 Å². The molecule has 1 amide bonds. The monoisotopic (exact) mass is 341 g/mol. The Labute approximate surface area is 132 Å². The van der Waals surface area contributed by atoms with Gasteiger partial charge in [0.25, 0.3) is 0 Å². The standard InChI is InChI=1S/C12H15N5O3S2/c1-8(21-12-16-14-7-17(12)2)11(18)15-9-4-3-5-10(6-9)22(13,19)20/h3-8H,1-2H3,(H,15,18)(H2,13,19,20)/t8-/m0/s1. The van der Waals surface area contributed by atoms with E-state index in [1.165, 1.54) is 30.0 Å². The van der Waals surface area contributed by atoms with E-state index in [9.17, 15) is 13.2 Å². The Kier molecular flexibility index (Phi) is 4.84. The lowest BCUT2D eigenvalue weighted by atomic mass is 10.3. The van der Waals surface area contributed by atoms with Crippen molar-refractivity contribution in [2.75, 3.05) is 5.32 Å². The maximum atomic E-state index is 12.1. The van der Waals surface area contributed by atoms with Crippen molar-refractivity contribution in [2.45, 2.75) is 22.2 Å². The normalized spacial score (nSPS) is 12.9. The van der Waals surface area contributed by atoms with Crippen LogP contribution in [0.5, 0.6) is 0 Å². The van der Waals surface area contributed by atoms with E-state index in [1.54, 1.807) is 30.9 Å². The minimum atomic E-state index is -3.81. The molecule has 0 unspecified atom stereocenters. The lowest BCUT2D eigenvalue weighted by Crippen LogP contribution is -2.23. The highest BCUT2D eigenvalue weighted by atomic mass is 32.2. The van der Waals surface area contributed by atoms with Crippen molar-refractivity contribution < 1.29 is 13.2 Å². The summed E-state index contributed by atoms with van der Waals surface area (Å²) in [5, 5.41) is 15.5. The number of nitrogens with zero attached hydrogens (tertiary/aromatic N) is 3. The van der Waals surface area contributed by atoms with Crippen LogP contribution in [0.15, 0.2) is 40.6 Å². The molecule has 1 atom stereocenters. The molecule has 0 fully saturated rings. The highest BCUT2D eigenvalue weighted by Gasteiger charge is 2.18. The van der Waals surface area contributed by atoms with Crippen LogP contribution in [-0.4, -0.2) is 34.3 Å². The van der Waals surface area contributed by atoms with Crippen LogP contribution >= 0.6 is 11.8 Å². The third-order valence-corrected chi connectivity index (χ3v) is 4.81. The van der Waals surface area contributed by atoms with E-state index < -0.39 is 15.3 Å². The minimum absolute atomic E-state index is 0.0566. The predicted molar refractivity (Wildman–Crippen MR) is 82.8 cm³/mol. The summed E-state index contributed by atoms with van der Waals surface area (Å²) in [5.74, 6) is -0.278. The van der Waals surface area contributed by atoms with Crippen molar-refractivity contribution >= 4 is 33.4 Å². The second kappa shape index (κ2) is 6.46. The number of carbonyl (C=O) groups excluding carboxylic acids is 1. The summed E-state index contributed by atoms with van der Waals surface area (Å²) in [4.78, 5) is 12.1. The fourth-order valence-electron chi connectivity index (χ4n) is 1.59. The van der Waals surface area contributed by atoms with Crippen LogP contribution in [0.2, 0.25) is 0 Å². The summed E-state index contributed by atoms with van der Waals surface area (Å²) >= 11 is 1.25. The molecule has 2 rings (SSSR count). The Hall–Kier alpha value is -1.91. The Morgan fingerprint density at radius 2 is 2.18 bits per heavy atom. The molecule has 118 valence electrons. The van der Waals surface area contributed by atoms with E-state index in [2.05, 4.69) is 15.5 Å². The number of carbonyl (C=O) groups is 1. The van der Waals surface area contributed by atoms with Crippen molar-refractivity contribution in [3.63, 3.8) is 0 Å². The van der Waals surface area contributed by atoms with Crippen LogP contribution < -0.4 is 10.5 Å². The zero-order valence-electron chi connectivity index (χ0n) is 11.9. The molecule has 0 radical (unpaired) electrons. The number of nitrogens with two attached hydrogens (primary N) is 1. The van der Waals surface area contributed by atoms with E-state index in [0.717, 1.165) is 0 Å². The van der Waals surface area contributed by atoms with Gasteiger partial charge in [0.1, 0.15) is 6.33 Å². The summed E-state index contributed by atoms with van der Waals surface area (Å²) in [5.41, 5.74) is 0.363. The molecule has 1 aromatic carbocycles. The molecule has 0 aliphatic carbocycles. The van der Waals surface area contributed by atoms with Gasteiger partial charge in [-0.3, -0.25) is 4.79 Å². The van der Waals surface area contributed by atoms with E-state index in [-0.39, 0.29) is 10.8 Å². The van der Waals surface area contributed by atoms with Crippen molar-refractivity contribution in [1.29, 1.82) is 0 Å². The van der Waals surface area contributed by atoms with Crippen molar-refractivity contribution in [1.82, 2.24) is 14.8 Å². The van der Waals surface area contributed by atoms with Crippen molar-refractivity contribution in [3.8, 4) is 0 Å². The van der Waals surface area contributed by atoms with Crippen LogP contribution in [0.25, 0.3) is 0 Å². The Morgan fingerprint density at radius 1 is 1.45 bits per heavy atom. The molecule has 0 aliphatic rings. The highest BCUT2D eigenvalue weighted by molar-refractivity contribution is 8.00. The fraction of sp³-hybridized carbons (Fsp3) is 0.250. The number of primary sulfonamides is 1. The first kappa shape index (κ1) is 16.5. The first-order valence-corrected chi connectivity index (χ1v) is 8.64. The molecule has 10 heteroatoms. The number of nitrogens with one attached hydrogen (secondary N) is 1. The number of rotatable bonds is 5. The van der Waals surface area contributed by atoms with Gasteiger partial charge in [-0.1, -0.05) is 17.8 Å². The molecule has 1 aromatic heterocycles. The molecule has 22 heavy (non-hydrogen) atoms. The van der Waals surface area contributed by atoms with Gasteiger partial charge in [-0.2, -0.15) is 0 Å². The first-order chi connectivity index (χ1) is 10.3. The van der Waals surface area contributed by atoms with Gasteiger partial charge in [-0.15, -0.1) is 10.2 Å². The maximum Gasteiger partial charge on any atom is 0.238 e. The molecule has 0 saturated carbocycles. The van der Waals surface area contributed by atoms with E-state index in [0.29, 0.717) is 10.8 Å². The van der Waals surface area contributed by atoms with Crippen LogP contribution in [0, 0.1) is 0 Å².